The first kappa shape index (κ1) is 14.9. The van der Waals surface area contributed by atoms with Crippen molar-refractivity contribution in [3.8, 4) is 0 Å². The van der Waals surface area contributed by atoms with Gasteiger partial charge in [-0.3, -0.25) is 10.1 Å². The van der Waals surface area contributed by atoms with Gasteiger partial charge in [-0.1, -0.05) is 6.07 Å². The molecular weight excluding hydrogens is 292 g/mol. The van der Waals surface area contributed by atoms with Crippen LogP contribution in [0.5, 0.6) is 0 Å². The summed E-state index contributed by atoms with van der Waals surface area (Å²) >= 11 is 1.56. The monoisotopic (exact) mass is 304 g/mol. The molecule has 0 saturated heterocycles. The molecule has 0 spiro atoms. The minimum atomic E-state index is -1.22. The Morgan fingerprint density at radius 2 is 2.05 bits per heavy atom. The third-order valence-electron chi connectivity index (χ3n) is 2.79. The van der Waals surface area contributed by atoms with Gasteiger partial charge in [0.15, 0.2) is 0 Å². The number of nitrogens with one attached hydrogen (secondary N) is 1. The number of non-ortho nitro benzene ring substituents is 1. The first-order valence-corrected chi connectivity index (χ1v) is 7.16. The second-order valence-corrected chi connectivity index (χ2v) is 5.03. The smallest absolute Gasteiger partial charge is 0.338 e. The van der Waals surface area contributed by atoms with Crippen LogP contribution in [0.25, 0.3) is 0 Å². The zero-order valence-corrected chi connectivity index (χ0v) is 11.9. The predicted octanol–water partition coefficient (Wildman–Crippen LogP) is 3.76. The van der Waals surface area contributed by atoms with Gasteiger partial charge in [0.1, 0.15) is 0 Å². The number of carboxylic acids is 1. The maximum atomic E-state index is 11.2. The molecule has 2 aromatic rings. The third kappa shape index (κ3) is 3.51. The molecule has 2 aromatic carbocycles. The van der Waals surface area contributed by atoms with E-state index in [0.29, 0.717) is 5.69 Å². The highest BCUT2D eigenvalue weighted by atomic mass is 32.2. The fourth-order valence-corrected chi connectivity index (χ4v) is 2.25. The van der Waals surface area contributed by atoms with E-state index in [9.17, 15) is 20.0 Å². The SMILES string of the molecule is CSc1cccc(Nc2ccc([N+](=O)[O-])cc2C(=O)O)c1. The number of aromatic carboxylic acids is 1. The van der Waals surface area contributed by atoms with Crippen LogP contribution in [0.1, 0.15) is 10.4 Å². The molecule has 0 heterocycles. The standard InChI is InChI=1S/C14H12N2O4S/c1-21-11-4-2-3-9(7-11)15-13-6-5-10(16(19)20)8-12(13)14(17)18/h2-8,15H,1H3,(H,17,18). The van der Waals surface area contributed by atoms with Gasteiger partial charge >= 0.3 is 5.97 Å². The summed E-state index contributed by atoms with van der Waals surface area (Å²) in [7, 11) is 0. The van der Waals surface area contributed by atoms with Crippen molar-refractivity contribution < 1.29 is 14.8 Å². The Labute approximate surface area is 125 Å². The van der Waals surface area contributed by atoms with Crippen LogP contribution in [0.2, 0.25) is 0 Å². The van der Waals surface area contributed by atoms with E-state index in [0.717, 1.165) is 16.6 Å². The van der Waals surface area contributed by atoms with Crippen LogP contribution in [0, 0.1) is 10.1 Å². The number of nitro benzene ring substituents is 1. The third-order valence-corrected chi connectivity index (χ3v) is 3.52. The van der Waals surface area contributed by atoms with E-state index >= 15 is 0 Å². The fraction of sp³-hybridized carbons (Fsp3) is 0.0714. The number of nitrogens with zero attached hydrogens (tertiary/aromatic N) is 1. The van der Waals surface area contributed by atoms with Gasteiger partial charge in [-0.05, 0) is 30.5 Å². The molecular formula is C14H12N2O4S. The molecule has 0 aromatic heterocycles. The van der Waals surface area contributed by atoms with Crippen molar-refractivity contribution >= 4 is 34.8 Å². The highest BCUT2D eigenvalue weighted by Crippen LogP contribution is 2.27. The highest BCUT2D eigenvalue weighted by Gasteiger charge is 2.16. The molecule has 7 heteroatoms. The van der Waals surface area contributed by atoms with Crippen LogP contribution in [-0.2, 0) is 0 Å². The number of hydrogen-bond donors (Lipinski definition) is 2. The van der Waals surface area contributed by atoms with Gasteiger partial charge < -0.3 is 10.4 Å². The summed E-state index contributed by atoms with van der Waals surface area (Å²) in [5.41, 5.74) is 0.638. The summed E-state index contributed by atoms with van der Waals surface area (Å²) in [6, 6.07) is 11.2. The van der Waals surface area contributed by atoms with Crippen LogP contribution in [0.3, 0.4) is 0 Å². The Morgan fingerprint density at radius 1 is 1.29 bits per heavy atom. The lowest BCUT2D eigenvalue weighted by Crippen LogP contribution is -2.04. The van der Waals surface area contributed by atoms with E-state index < -0.39 is 10.9 Å². The lowest BCUT2D eigenvalue weighted by Gasteiger charge is -2.10. The molecule has 0 atom stereocenters. The number of nitro groups is 1. The lowest BCUT2D eigenvalue weighted by atomic mass is 10.1. The minimum absolute atomic E-state index is 0.140. The summed E-state index contributed by atoms with van der Waals surface area (Å²) in [5, 5.41) is 22.9. The minimum Gasteiger partial charge on any atom is -0.478 e. The molecule has 0 bridgehead atoms. The molecule has 2 rings (SSSR count). The van der Waals surface area contributed by atoms with Crippen LogP contribution >= 0.6 is 11.8 Å². The maximum Gasteiger partial charge on any atom is 0.338 e. The van der Waals surface area contributed by atoms with E-state index in [2.05, 4.69) is 5.32 Å². The first-order chi connectivity index (χ1) is 10.0. The van der Waals surface area contributed by atoms with Gasteiger partial charge in [-0.2, -0.15) is 0 Å². The highest BCUT2D eigenvalue weighted by molar-refractivity contribution is 7.98. The Bertz CT molecular complexity index is 703. The van der Waals surface area contributed by atoms with Gasteiger partial charge in [0.2, 0.25) is 0 Å². The molecule has 0 aliphatic heterocycles. The van der Waals surface area contributed by atoms with Gasteiger partial charge in [0.25, 0.3) is 5.69 Å². The normalized spacial score (nSPS) is 10.1. The molecule has 2 N–H and O–H groups in total. The van der Waals surface area contributed by atoms with Crippen molar-refractivity contribution in [2.75, 3.05) is 11.6 Å². The van der Waals surface area contributed by atoms with E-state index in [1.165, 1.54) is 12.1 Å². The number of carbonyl (C=O) groups is 1. The largest absolute Gasteiger partial charge is 0.478 e. The van der Waals surface area contributed by atoms with Crippen LogP contribution in [-0.4, -0.2) is 22.3 Å². The average molecular weight is 304 g/mol. The predicted molar refractivity (Wildman–Crippen MR) is 81.6 cm³/mol. The number of carboxylic acid groups (broad SMARTS) is 1. The topological polar surface area (TPSA) is 92.5 Å². The fourth-order valence-electron chi connectivity index (χ4n) is 1.79. The van der Waals surface area contributed by atoms with E-state index in [1.54, 1.807) is 17.8 Å². The molecule has 0 unspecified atom stereocenters. The Balaban J connectivity index is 2.38. The summed E-state index contributed by atoms with van der Waals surface area (Å²) in [6.07, 6.45) is 1.94. The van der Waals surface area contributed by atoms with E-state index in [4.69, 9.17) is 0 Å². The number of anilines is 2. The molecule has 0 amide bonds. The van der Waals surface area contributed by atoms with Gasteiger partial charge in [0.05, 0.1) is 16.2 Å². The summed E-state index contributed by atoms with van der Waals surface area (Å²) in [4.78, 5) is 22.4. The molecule has 0 fully saturated rings. The summed E-state index contributed by atoms with van der Waals surface area (Å²) in [6.45, 7) is 0. The van der Waals surface area contributed by atoms with Gasteiger partial charge in [0, 0.05) is 22.7 Å². The first-order valence-electron chi connectivity index (χ1n) is 5.94. The van der Waals surface area contributed by atoms with Crippen molar-refractivity contribution in [2.24, 2.45) is 0 Å². The Kier molecular flexibility index (Phi) is 4.44. The van der Waals surface area contributed by atoms with Crippen molar-refractivity contribution in [3.63, 3.8) is 0 Å². The zero-order valence-electron chi connectivity index (χ0n) is 11.1. The molecule has 0 radical (unpaired) electrons. The number of rotatable bonds is 5. The Morgan fingerprint density at radius 3 is 2.67 bits per heavy atom. The van der Waals surface area contributed by atoms with Crippen LogP contribution < -0.4 is 5.32 Å². The molecule has 108 valence electrons. The average Bonchev–Trinajstić information content (AvgIpc) is 2.47. The number of hydrogen-bond acceptors (Lipinski definition) is 5. The van der Waals surface area contributed by atoms with E-state index in [-0.39, 0.29) is 11.3 Å². The van der Waals surface area contributed by atoms with Crippen molar-refractivity contribution in [3.05, 3.63) is 58.1 Å². The van der Waals surface area contributed by atoms with Gasteiger partial charge in [-0.15, -0.1) is 11.8 Å². The molecule has 6 nitrogen and oxygen atoms in total. The molecule has 0 saturated carbocycles. The van der Waals surface area contributed by atoms with Crippen LogP contribution in [0.4, 0.5) is 17.1 Å². The van der Waals surface area contributed by atoms with Crippen molar-refractivity contribution in [2.45, 2.75) is 4.90 Å². The van der Waals surface area contributed by atoms with Gasteiger partial charge in [-0.25, -0.2) is 4.79 Å². The molecule has 0 aliphatic rings. The molecule has 21 heavy (non-hydrogen) atoms. The Hall–Kier alpha value is -2.54. The number of thioether (sulfide) groups is 1. The lowest BCUT2D eigenvalue weighted by molar-refractivity contribution is -0.384. The second kappa shape index (κ2) is 6.27. The second-order valence-electron chi connectivity index (χ2n) is 4.15. The maximum absolute atomic E-state index is 11.2. The summed E-state index contributed by atoms with van der Waals surface area (Å²) in [5.74, 6) is -1.22. The van der Waals surface area contributed by atoms with Crippen molar-refractivity contribution in [1.82, 2.24) is 0 Å². The summed E-state index contributed by atoms with van der Waals surface area (Å²) < 4.78 is 0. The van der Waals surface area contributed by atoms with E-state index in [1.807, 2.05) is 24.5 Å². The molecule has 0 aliphatic carbocycles. The van der Waals surface area contributed by atoms with Crippen LogP contribution in [0.15, 0.2) is 47.4 Å². The van der Waals surface area contributed by atoms with Crippen molar-refractivity contribution in [1.29, 1.82) is 0 Å². The quantitative estimate of drug-likeness (QED) is 0.496. The number of benzene rings is 2. The zero-order chi connectivity index (χ0) is 15.4.